The molecular weight excluding hydrogens is 248 g/mol. The topological polar surface area (TPSA) is 55.0 Å². The highest BCUT2D eigenvalue weighted by molar-refractivity contribution is 6.29. The van der Waals surface area contributed by atoms with Crippen LogP contribution in [0.15, 0.2) is 12.4 Å². The van der Waals surface area contributed by atoms with Crippen LogP contribution in [0.5, 0.6) is 0 Å². The Morgan fingerprint density at radius 1 is 1.28 bits per heavy atom. The first-order valence-electron chi connectivity index (χ1n) is 6.67. The smallest absolute Gasteiger partial charge is 0.147 e. The number of rotatable bonds is 2. The Morgan fingerprint density at radius 2 is 2.17 bits per heavy atom. The zero-order valence-corrected chi connectivity index (χ0v) is 11.2. The zero-order chi connectivity index (χ0) is 12.5. The van der Waals surface area contributed by atoms with Crippen molar-refractivity contribution in [2.45, 2.75) is 31.8 Å². The zero-order valence-electron chi connectivity index (χ0n) is 10.4. The molecule has 1 saturated carbocycles. The standard InChI is InChI=1S/C13H19ClN4/c14-13-5-16-10(4-17-13)7-18-6-9-2-1-3-12(15)11(9)8-18/h4-5,9,11-12H,1-3,6-8,15H2. The molecule has 0 amide bonds. The summed E-state index contributed by atoms with van der Waals surface area (Å²) in [6.07, 6.45) is 7.20. The maximum atomic E-state index is 6.22. The van der Waals surface area contributed by atoms with E-state index in [1.807, 2.05) is 0 Å². The lowest BCUT2D eigenvalue weighted by Gasteiger charge is -2.29. The molecule has 1 aliphatic carbocycles. The molecule has 1 aromatic heterocycles. The summed E-state index contributed by atoms with van der Waals surface area (Å²) in [6.45, 7) is 3.13. The molecule has 0 radical (unpaired) electrons. The van der Waals surface area contributed by atoms with E-state index < -0.39 is 0 Å². The van der Waals surface area contributed by atoms with Crippen molar-refractivity contribution >= 4 is 11.6 Å². The van der Waals surface area contributed by atoms with E-state index in [1.54, 1.807) is 12.4 Å². The Hall–Kier alpha value is -0.710. The maximum Gasteiger partial charge on any atom is 0.147 e. The van der Waals surface area contributed by atoms with E-state index in [0.29, 0.717) is 17.1 Å². The molecule has 2 fully saturated rings. The van der Waals surface area contributed by atoms with Gasteiger partial charge in [0, 0.05) is 25.7 Å². The van der Waals surface area contributed by atoms with Gasteiger partial charge in [0.2, 0.25) is 0 Å². The van der Waals surface area contributed by atoms with Crippen molar-refractivity contribution < 1.29 is 0 Å². The van der Waals surface area contributed by atoms with Crippen molar-refractivity contribution in [2.24, 2.45) is 17.6 Å². The maximum absolute atomic E-state index is 6.22. The fraction of sp³-hybridized carbons (Fsp3) is 0.692. The number of fused-ring (bicyclic) bond motifs is 1. The van der Waals surface area contributed by atoms with Gasteiger partial charge in [-0.15, -0.1) is 0 Å². The quantitative estimate of drug-likeness (QED) is 0.885. The molecule has 0 spiro atoms. The Kier molecular flexibility index (Phi) is 3.50. The second-order valence-corrected chi connectivity index (χ2v) is 5.93. The van der Waals surface area contributed by atoms with E-state index in [9.17, 15) is 0 Å². The first kappa shape index (κ1) is 12.3. The van der Waals surface area contributed by atoms with Gasteiger partial charge in [-0.1, -0.05) is 18.0 Å². The molecule has 0 bridgehead atoms. The molecule has 2 N–H and O–H groups in total. The van der Waals surface area contributed by atoms with Gasteiger partial charge in [0.1, 0.15) is 5.15 Å². The van der Waals surface area contributed by atoms with E-state index in [4.69, 9.17) is 17.3 Å². The lowest BCUT2D eigenvalue weighted by Crippen LogP contribution is -2.38. The third kappa shape index (κ3) is 2.51. The number of likely N-dealkylation sites (tertiary alicyclic amines) is 1. The molecule has 2 aliphatic rings. The summed E-state index contributed by atoms with van der Waals surface area (Å²) in [6, 6.07) is 0.394. The van der Waals surface area contributed by atoms with Crippen molar-refractivity contribution in [3.05, 3.63) is 23.2 Å². The summed E-state index contributed by atoms with van der Waals surface area (Å²) in [5, 5.41) is 0.455. The van der Waals surface area contributed by atoms with Crippen LogP contribution in [0, 0.1) is 11.8 Å². The summed E-state index contributed by atoms with van der Waals surface area (Å²) in [7, 11) is 0. The summed E-state index contributed by atoms with van der Waals surface area (Å²) in [5.41, 5.74) is 7.22. The van der Waals surface area contributed by atoms with Crippen LogP contribution in [0.25, 0.3) is 0 Å². The van der Waals surface area contributed by atoms with E-state index in [2.05, 4.69) is 14.9 Å². The van der Waals surface area contributed by atoms with Crippen LogP contribution < -0.4 is 5.73 Å². The molecule has 2 heterocycles. The highest BCUT2D eigenvalue weighted by atomic mass is 35.5. The lowest BCUT2D eigenvalue weighted by molar-refractivity contribution is 0.259. The van der Waals surface area contributed by atoms with E-state index in [-0.39, 0.29) is 0 Å². The number of halogens is 1. The third-order valence-corrected chi connectivity index (χ3v) is 4.48. The molecule has 4 nitrogen and oxygen atoms in total. The monoisotopic (exact) mass is 266 g/mol. The molecule has 1 saturated heterocycles. The van der Waals surface area contributed by atoms with Crippen LogP contribution in [-0.4, -0.2) is 34.0 Å². The number of hydrogen-bond acceptors (Lipinski definition) is 4. The number of nitrogens with zero attached hydrogens (tertiary/aromatic N) is 3. The van der Waals surface area contributed by atoms with Gasteiger partial charge in [0.15, 0.2) is 0 Å². The SMILES string of the molecule is NC1CCCC2CN(Cc3cnc(Cl)cn3)CC12. The average molecular weight is 267 g/mol. The van der Waals surface area contributed by atoms with Gasteiger partial charge in [-0.2, -0.15) is 0 Å². The van der Waals surface area contributed by atoms with Crippen molar-refractivity contribution in [3.63, 3.8) is 0 Å². The molecule has 3 rings (SSSR count). The molecule has 1 aliphatic heterocycles. The molecule has 98 valence electrons. The molecule has 0 aromatic carbocycles. The molecule has 1 aromatic rings. The van der Waals surface area contributed by atoms with Gasteiger partial charge in [0.05, 0.1) is 18.1 Å². The largest absolute Gasteiger partial charge is 0.327 e. The Labute approximate surface area is 113 Å². The minimum Gasteiger partial charge on any atom is -0.327 e. The first-order valence-corrected chi connectivity index (χ1v) is 7.04. The van der Waals surface area contributed by atoms with E-state index in [0.717, 1.165) is 31.2 Å². The van der Waals surface area contributed by atoms with Gasteiger partial charge in [0.25, 0.3) is 0 Å². The van der Waals surface area contributed by atoms with Crippen LogP contribution >= 0.6 is 11.6 Å². The number of aromatic nitrogens is 2. The minimum atomic E-state index is 0.394. The van der Waals surface area contributed by atoms with Crippen molar-refractivity contribution in [3.8, 4) is 0 Å². The molecule has 5 heteroatoms. The average Bonchev–Trinajstić information content (AvgIpc) is 2.76. The summed E-state index contributed by atoms with van der Waals surface area (Å²) < 4.78 is 0. The van der Waals surface area contributed by atoms with Crippen LogP contribution in [0.2, 0.25) is 5.15 Å². The molecule has 18 heavy (non-hydrogen) atoms. The van der Waals surface area contributed by atoms with Crippen LogP contribution in [0.3, 0.4) is 0 Å². The fourth-order valence-electron chi connectivity index (χ4n) is 3.39. The third-order valence-electron chi connectivity index (χ3n) is 4.29. The number of nitrogens with two attached hydrogens (primary N) is 1. The van der Waals surface area contributed by atoms with E-state index in [1.165, 1.54) is 19.3 Å². The molecule has 3 atom stereocenters. The Balaban J connectivity index is 1.63. The highest BCUT2D eigenvalue weighted by Crippen LogP contribution is 2.35. The predicted molar refractivity (Wildman–Crippen MR) is 71.1 cm³/mol. The van der Waals surface area contributed by atoms with Crippen LogP contribution in [0.4, 0.5) is 0 Å². The summed E-state index contributed by atoms with van der Waals surface area (Å²) >= 11 is 5.74. The lowest BCUT2D eigenvalue weighted by atomic mass is 9.78. The molecule has 3 unspecified atom stereocenters. The van der Waals surface area contributed by atoms with Crippen molar-refractivity contribution in [2.75, 3.05) is 13.1 Å². The van der Waals surface area contributed by atoms with E-state index >= 15 is 0 Å². The minimum absolute atomic E-state index is 0.394. The highest BCUT2D eigenvalue weighted by Gasteiger charge is 2.38. The first-order chi connectivity index (χ1) is 8.72. The van der Waals surface area contributed by atoms with Gasteiger partial charge in [-0.05, 0) is 24.7 Å². The normalized spacial score (nSPS) is 32.4. The Bertz CT molecular complexity index is 408. The van der Waals surface area contributed by atoms with Crippen LogP contribution in [-0.2, 0) is 6.54 Å². The second kappa shape index (κ2) is 5.11. The van der Waals surface area contributed by atoms with Crippen molar-refractivity contribution in [1.29, 1.82) is 0 Å². The summed E-state index contributed by atoms with van der Waals surface area (Å²) in [4.78, 5) is 10.8. The van der Waals surface area contributed by atoms with Gasteiger partial charge in [-0.25, -0.2) is 4.98 Å². The van der Waals surface area contributed by atoms with Gasteiger partial charge >= 0.3 is 0 Å². The number of hydrogen-bond donors (Lipinski definition) is 1. The predicted octanol–water partition coefficient (Wildman–Crippen LogP) is 1.69. The van der Waals surface area contributed by atoms with Gasteiger partial charge < -0.3 is 5.73 Å². The van der Waals surface area contributed by atoms with Crippen LogP contribution in [0.1, 0.15) is 25.0 Å². The fourth-order valence-corrected chi connectivity index (χ4v) is 3.49. The van der Waals surface area contributed by atoms with Crippen molar-refractivity contribution in [1.82, 2.24) is 14.9 Å². The molecular formula is C13H19ClN4. The second-order valence-electron chi connectivity index (χ2n) is 5.54. The Morgan fingerprint density at radius 3 is 2.89 bits per heavy atom. The summed E-state index contributed by atoms with van der Waals surface area (Å²) in [5.74, 6) is 1.47. The van der Waals surface area contributed by atoms with Gasteiger partial charge in [-0.3, -0.25) is 9.88 Å².